The Morgan fingerprint density at radius 2 is 1.96 bits per heavy atom. The van der Waals surface area contributed by atoms with Crippen LogP contribution in [0.25, 0.3) is 0 Å². The molecule has 1 fully saturated rings. The zero-order chi connectivity index (χ0) is 18.7. The van der Waals surface area contributed by atoms with Gasteiger partial charge in [0.05, 0.1) is 4.88 Å². The number of carbonyl (C=O) groups is 2. The quantitative estimate of drug-likeness (QED) is 0.884. The topological polar surface area (TPSA) is 49.4 Å². The van der Waals surface area contributed by atoms with Crippen LogP contribution in [-0.2, 0) is 11.3 Å². The van der Waals surface area contributed by atoms with Crippen molar-refractivity contribution >= 4 is 23.2 Å². The normalized spacial score (nSPS) is 16.3. The number of nitrogens with one attached hydrogen (secondary N) is 1. The van der Waals surface area contributed by atoms with E-state index in [0.29, 0.717) is 30.8 Å². The maximum atomic E-state index is 13.7. The first-order chi connectivity index (χ1) is 12.4. The zero-order valence-corrected chi connectivity index (χ0v) is 15.2. The molecule has 0 atom stereocenters. The Labute approximate surface area is 154 Å². The predicted octanol–water partition coefficient (Wildman–Crippen LogP) is 3.59. The van der Waals surface area contributed by atoms with Gasteiger partial charge in [0, 0.05) is 36.7 Å². The monoisotopic (exact) mass is 378 g/mol. The Bertz CT molecular complexity index is 800. The van der Waals surface area contributed by atoms with E-state index in [9.17, 15) is 18.4 Å². The highest BCUT2D eigenvalue weighted by atomic mass is 32.1. The first kappa shape index (κ1) is 18.5. The van der Waals surface area contributed by atoms with Gasteiger partial charge in [0.2, 0.25) is 5.91 Å². The Balaban J connectivity index is 1.56. The molecule has 0 spiro atoms. The van der Waals surface area contributed by atoms with Gasteiger partial charge in [-0.2, -0.15) is 0 Å². The highest BCUT2D eigenvalue weighted by Gasteiger charge is 2.38. The molecule has 2 amide bonds. The lowest BCUT2D eigenvalue weighted by molar-refractivity contribution is -0.132. The van der Waals surface area contributed by atoms with Crippen LogP contribution in [0.4, 0.5) is 8.78 Å². The van der Waals surface area contributed by atoms with Gasteiger partial charge >= 0.3 is 0 Å². The van der Waals surface area contributed by atoms with Crippen LogP contribution in [-0.4, -0.2) is 29.8 Å². The first-order valence-corrected chi connectivity index (χ1v) is 9.32. The average Bonchev–Trinajstić information content (AvgIpc) is 3.15. The third-order valence-electron chi connectivity index (χ3n) is 4.89. The van der Waals surface area contributed by atoms with Gasteiger partial charge < -0.3 is 10.2 Å². The summed E-state index contributed by atoms with van der Waals surface area (Å²) in [5, 5.41) is 4.60. The Morgan fingerprint density at radius 3 is 2.58 bits per heavy atom. The molecular formula is C19H20F2N2O2S. The molecule has 3 rings (SSSR count). The molecule has 7 heteroatoms. The van der Waals surface area contributed by atoms with Crippen LogP contribution in [0.2, 0.25) is 0 Å². The molecule has 2 heterocycles. The Morgan fingerprint density at radius 1 is 1.23 bits per heavy atom. The van der Waals surface area contributed by atoms with Gasteiger partial charge in [-0.1, -0.05) is 19.1 Å². The largest absolute Gasteiger partial charge is 0.351 e. The highest BCUT2D eigenvalue weighted by molar-refractivity contribution is 7.12. The molecule has 0 aliphatic carbocycles. The molecule has 1 aliphatic rings. The molecule has 2 aromatic rings. The van der Waals surface area contributed by atoms with E-state index in [2.05, 4.69) is 5.32 Å². The summed E-state index contributed by atoms with van der Waals surface area (Å²) < 4.78 is 26.6. The summed E-state index contributed by atoms with van der Waals surface area (Å²) in [5.74, 6) is -1.50. The van der Waals surface area contributed by atoms with Crippen molar-refractivity contribution in [1.29, 1.82) is 0 Å². The fourth-order valence-electron chi connectivity index (χ4n) is 3.04. The van der Waals surface area contributed by atoms with Crippen LogP contribution in [0.5, 0.6) is 0 Å². The molecule has 26 heavy (non-hydrogen) atoms. The van der Waals surface area contributed by atoms with Crippen LogP contribution in [0, 0.1) is 17.0 Å². The summed E-state index contributed by atoms with van der Waals surface area (Å²) >= 11 is 1.41. The number of carbonyl (C=O) groups excluding carboxylic acids is 2. The predicted molar refractivity (Wildman–Crippen MR) is 95.8 cm³/mol. The van der Waals surface area contributed by atoms with Crippen molar-refractivity contribution in [2.24, 2.45) is 5.41 Å². The van der Waals surface area contributed by atoms with Crippen LogP contribution in [0.3, 0.4) is 0 Å². The van der Waals surface area contributed by atoms with Crippen LogP contribution in [0.1, 0.15) is 35.0 Å². The summed E-state index contributed by atoms with van der Waals surface area (Å²) in [5.41, 5.74) is -0.364. The zero-order valence-electron chi connectivity index (χ0n) is 14.4. The first-order valence-electron chi connectivity index (χ1n) is 8.44. The van der Waals surface area contributed by atoms with Crippen molar-refractivity contribution in [3.63, 3.8) is 0 Å². The second-order valence-corrected chi connectivity index (χ2v) is 7.70. The van der Waals surface area contributed by atoms with E-state index < -0.39 is 17.0 Å². The van der Waals surface area contributed by atoms with Crippen molar-refractivity contribution in [3.05, 3.63) is 57.8 Å². The van der Waals surface area contributed by atoms with Gasteiger partial charge in [-0.25, -0.2) is 8.78 Å². The molecule has 1 aliphatic heterocycles. The van der Waals surface area contributed by atoms with Crippen molar-refractivity contribution in [2.75, 3.05) is 13.1 Å². The second-order valence-electron chi connectivity index (χ2n) is 6.75. The van der Waals surface area contributed by atoms with E-state index in [4.69, 9.17) is 0 Å². The van der Waals surface area contributed by atoms with E-state index in [1.54, 1.807) is 11.0 Å². The highest BCUT2D eigenvalue weighted by Crippen LogP contribution is 2.32. The number of thiophene rings is 1. The molecule has 1 aromatic heterocycles. The molecule has 1 saturated heterocycles. The summed E-state index contributed by atoms with van der Waals surface area (Å²) in [6.07, 6.45) is 1.09. The smallest absolute Gasteiger partial charge is 0.263 e. The summed E-state index contributed by atoms with van der Waals surface area (Å²) in [4.78, 5) is 27.4. The summed E-state index contributed by atoms with van der Waals surface area (Å²) in [6.45, 7) is 2.88. The molecule has 0 bridgehead atoms. The minimum Gasteiger partial charge on any atom is -0.351 e. The van der Waals surface area contributed by atoms with Gasteiger partial charge in [-0.15, -0.1) is 11.3 Å². The maximum Gasteiger partial charge on any atom is 0.263 e. The molecule has 0 unspecified atom stereocenters. The van der Waals surface area contributed by atoms with Gasteiger partial charge in [-0.05, 0) is 30.4 Å². The molecule has 4 nitrogen and oxygen atoms in total. The molecule has 1 aromatic carbocycles. The number of hydrogen-bond acceptors (Lipinski definition) is 3. The standard InChI is InChI=1S/C19H20F2N2O2S/c1-19(18(25)22-12-13-4-5-14(20)11-15(13)21)6-8-23(9-7-19)17(24)16-3-2-10-26-16/h2-5,10-11H,6-9,12H2,1H3,(H,22,25). The third kappa shape index (κ3) is 3.93. The Kier molecular flexibility index (Phi) is 5.36. The number of amides is 2. The van der Waals surface area contributed by atoms with Crippen LogP contribution in [0.15, 0.2) is 35.7 Å². The number of halogens is 2. The number of rotatable bonds is 4. The van der Waals surface area contributed by atoms with Gasteiger partial charge in [0.1, 0.15) is 11.6 Å². The third-order valence-corrected chi connectivity index (χ3v) is 5.75. The van der Waals surface area contributed by atoms with E-state index in [1.807, 2.05) is 18.4 Å². The molecule has 1 N–H and O–H groups in total. The summed E-state index contributed by atoms with van der Waals surface area (Å²) in [6, 6.07) is 6.94. The van der Waals surface area contributed by atoms with Crippen LogP contribution >= 0.6 is 11.3 Å². The lowest BCUT2D eigenvalue weighted by Crippen LogP contribution is -2.48. The maximum absolute atomic E-state index is 13.7. The van der Waals surface area contributed by atoms with E-state index in [-0.39, 0.29) is 23.9 Å². The van der Waals surface area contributed by atoms with Crippen molar-refractivity contribution in [1.82, 2.24) is 10.2 Å². The average molecular weight is 378 g/mol. The molecular weight excluding hydrogens is 358 g/mol. The van der Waals surface area contributed by atoms with Crippen LogP contribution < -0.4 is 5.32 Å². The fraction of sp³-hybridized carbons (Fsp3) is 0.368. The SMILES string of the molecule is CC1(C(=O)NCc2ccc(F)cc2F)CCN(C(=O)c2cccs2)CC1. The van der Waals surface area contributed by atoms with Gasteiger partial charge in [0.15, 0.2) is 0 Å². The molecule has 0 saturated carbocycles. The van der Waals surface area contributed by atoms with E-state index in [1.165, 1.54) is 23.5 Å². The van der Waals surface area contributed by atoms with Gasteiger partial charge in [0.25, 0.3) is 5.91 Å². The van der Waals surface area contributed by atoms with Crippen molar-refractivity contribution < 1.29 is 18.4 Å². The fourth-order valence-corrected chi connectivity index (χ4v) is 3.73. The molecule has 0 radical (unpaired) electrons. The summed E-state index contributed by atoms with van der Waals surface area (Å²) in [7, 11) is 0. The Hall–Kier alpha value is -2.28. The lowest BCUT2D eigenvalue weighted by atomic mass is 9.79. The minimum absolute atomic E-state index is 0.00385. The van der Waals surface area contributed by atoms with Crippen molar-refractivity contribution in [2.45, 2.75) is 26.3 Å². The number of likely N-dealkylation sites (tertiary alicyclic amines) is 1. The van der Waals surface area contributed by atoms with Crippen molar-refractivity contribution in [3.8, 4) is 0 Å². The van der Waals surface area contributed by atoms with Gasteiger partial charge in [-0.3, -0.25) is 9.59 Å². The number of piperidine rings is 1. The number of nitrogens with zero attached hydrogens (tertiary/aromatic N) is 1. The lowest BCUT2D eigenvalue weighted by Gasteiger charge is -2.38. The minimum atomic E-state index is -0.674. The number of benzene rings is 1. The second kappa shape index (κ2) is 7.53. The van der Waals surface area contributed by atoms with E-state index in [0.717, 1.165) is 6.07 Å². The molecule has 138 valence electrons. The number of hydrogen-bond donors (Lipinski definition) is 1. The van der Waals surface area contributed by atoms with E-state index >= 15 is 0 Å².